The number of allylic oxidation sites excluding steroid dienone is 1. The van der Waals surface area contributed by atoms with Crippen molar-refractivity contribution in [3.63, 3.8) is 0 Å². The molecule has 0 fully saturated rings. The van der Waals surface area contributed by atoms with Crippen molar-refractivity contribution in [3.8, 4) is 0 Å². The van der Waals surface area contributed by atoms with Crippen molar-refractivity contribution in [3.05, 3.63) is 112 Å². The van der Waals surface area contributed by atoms with Gasteiger partial charge < -0.3 is 5.32 Å². The summed E-state index contributed by atoms with van der Waals surface area (Å²) < 4.78 is 0. The molecule has 0 saturated heterocycles. The van der Waals surface area contributed by atoms with Crippen molar-refractivity contribution in [2.24, 2.45) is 0 Å². The second-order valence-electron chi connectivity index (χ2n) is 5.73. The molecule has 0 bridgehead atoms. The van der Waals surface area contributed by atoms with Crippen LogP contribution >= 0.6 is 23.2 Å². The molecule has 0 unspecified atom stereocenters. The van der Waals surface area contributed by atoms with Crippen molar-refractivity contribution in [1.82, 2.24) is 0 Å². The summed E-state index contributed by atoms with van der Waals surface area (Å²) >= 11 is 11.9. The van der Waals surface area contributed by atoms with Crippen molar-refractivity contribution < 1.29 is 9.59 Å². The topological polar surface area (TPSA) is 46.2 Å². The largest absolute Gasteiger partial charge is 0.361 e. The average Bonchev–Trinajstić information content (AvgIpc) is 2.69. The molecule has 0 aromatic heterocycles. The summed E-state index contributed by atoms with van der Waals surface area (Å²) in [6.45, 7) is 0. The Morgan fingerprint density at radius 3 is 2.15 bits per heavy atom. The molecule has 3 aromatic carbocycles. The first-order chi connectivity index (χ1) is 13.0. The zero-order valence-corrected chi connectivity index (χ0v) is 15.7. The van der Waals surface area contributed by atoms with Crippen LogP contribution in [0.1, 0.15) is 26.3 Å². The van der Waals surface area contributed by atoms with Gasteiger partial charge >= 0.3 is 0 Å². The third kappa shape index (κ3) is 4.85. The minimum absolute atomic E-state index is 0.132. The van der Waals surface area contributed by atoms with E-state index in [2.05, 4.69) is 5.32 Å². The van der Waals surface area contributed by atoms with Crippen LogP contribution in [0.3, 0.4) is 0 Å². The molecule has 3 aromatic rings. The van der Waals surface area contributed by atoms with Crippen molar-refractivity contribution in [2.45, 2.75) is 0 Å². The standard InChI is InChI=1S/C22H15Cl2NO2/c23-17-8-6-15(7-9-17)21(26)12-13-25-20-14-18(24)10-11-19(20)22(27)16-4-2-1-3-5-16/h1-14,25H/b13-12-. The third-order valence-electron chi connectivity index (χ3n) is 3.86. The lowest BCUT2D eigenvalue weighted by atomic mass is 10.0. The molecule has 0 atom stereocenters. The summed E-state index contributed by atoms with van der Waals surface area (Å²) in [7, 11) is 0. The lowest BCUT2D eigenvalue weighted by Gasteiger charge is -2.09. The number of carbonyl (C=O) groups is 2. The Morgan fingerprint density at radius 2 is 1.44 bits per heavy atom. The summed E-state index contributed by atoms with van der Waals surface area (Å²) in [6.07, 6.45) is 2.88. The maximum Gasteiger partial charge on any atom is 0.195 e. The van der Waals surface area contributed by atoms with E-state index in [1.54, 1.807) is 66.7 Å². The molecule has 134 valence electrons. The average molecular weight is 396 g/mol. The summed E-state index contributed by atoms with van der Waals surface area (Å²) in [4.78, 5) is 24.9. The van der Waals surface area contributed by atoms with Gasteiger partial charge in [0.2, 0.25) is 0 Å². The number of halogens is 2. The molecule has 0 saturated carbocycles. The van der Waals surface area contributed by atoms with E-state index in [4.69, 9.17) is 23.2 Å². The van der Waals surface area contributed by atoms with E-state index in [1.165, 1.54) is 12.3 Å². The maximum atomic E-state index is 12.7. The van der Waals surface area contributed by atoms with Crippen LogP contribution in [0.5, 0.6) is 0 Å². The molecule has 0 aliphatic heterocycles. The molecule has 0 aliphatic carbocycles. The Labute approximate surface area is 167 Å². The van der Waals surface area contributed by atoms with Gasteiger partial charge in [0, 0.05) is 39.0 Å². The van der Waals surface area contributed by atoms with Gasteiger partial charge in [-0.3, -0.25) is 9.59 Å². The van der Waals surface area contributed by atoms with Crippen molar-refractivity contribution >= 4 is 40.5 Å². The first-order valence-corrected chi connectivity index (χ1v) is 8.92. The molecular weight excluding hydrogens is 381 g/mol. The predicted octanol–water partition coefficient (Wildman–Crippen LogP) is 6.03. The third-order valence-corrected chi connectivity index (χ3v) is 4.35. The van der Waals surface area contributed by atoms with Gasteiger partial charge in [-0.1, -0.05) is 53.5 Å². The normalized spacial score (nSPS) is 10.7. The fourth-order valence-corrected chi connectivity index (χ4v) is 2.79. The fraction of sp³-hybridized carbons (Fsp3) is 0. The van der Waals surface area contributed by atoms with Crippen LogP contribution in [0, 0.1) is 0 Å². The highest BCUT2D eigenvalue weighted by Crippen LogP contribution is 2.24. The van der Waals surface area contributed by atoms with Crippen LogP contribution in [-0.2, 0) is 0 Å². The molecule has 0 heterocycles. The minimum Gasteiger partial charge on any atom is -0.361 e. The zero-order valence-electron chi connectivity index (χ0n) is 14.2. The molecule has 1 N–H and O–H groups in total. The number of hydrogen-bond acceptors (Lipinski definition) is 3. The van der Waals surface area contributed by atoms with E-state index < -0.39 is 0 Å². The van der Waals surface area contributed by atoms with Crippen LogP contribution in [0.15, 0.2) is 85.1 Å². The molecule has 5 heteroatoms. The Kier molecular flexibility index (Phi) is 6.07. The highest BCUT2D eigenvalue weighted by molar-refractivity contribution is 6.31. The molecule has 27 heavy (non-hydrogen) atoms. The SMILES string of the molecule is O=C(/C=C\Nc1cc(Cl)ccc1C(=O)c1ccccc1)c1ccc(Cl)cc1. The molecule has 3 rings (SSSR count). The van der Waals surface area contributed by atoms with Gasteiger partial charge in [0.15, 0.2) is 11.6 Å². The summed E-state index contributed by atoms with van der Waals surface area (Å²) in [6, 6.07) is 20.5. The Bertz CT molecular complexity index is 997. The van der Waals surface area contributed by atoms with Crippen molar-refractivity contribution in [2.75, 3.05) is 5.32 Å². The van der Waals surface area contributed by atoms with Gasteiger partial charge in [-0.2, -0.15) is 0 Å². The first-order valence-electron chi connectivity index (χ1n) is 8.17. The van der Waals surface area contributed by atoms with Crippen LogP contribution in [0.4, 0.5) is 5.69 Å². The van der Waals surface area contributed by atoms with Gasteiger partial charge in [-0.05, 0) is 42.5 Å². The first kappa shape index (κ1) is 18.9. The minimum atomic E-state index is -0.183. The second-order valence-corrected chi connectivity index (χ2v) is 6.61. The number of benzene rings is 3. The van der Waals surface area contributed by atoms with Gasteiger partial charge in [-0.25, -0.2) is 0 Å². The molecule has 0 aliphatic rings. The highest BCUT2D eigenvalue weighted by atomic mass is 35.5. The lowest BCUT2D eigenvalue weighted by Crippen LogP contribution is -2.05. The zero-order chi connectivity index (χ0) is 19.2. The van der Waals surface area contributed by atoms with E-state index in [0.29, 0.717) is 32.4 Å². The number of hydrogen-bond donors (Lipinski definition) is 1. The Morgan fingerprint density at radius 1 is 0.778 bits per heavy atom. The number of rotatable bonds is 6. The van der Waals surface area contributed by atoms with E-state index in [1.807, 2.05) is 6.07 Å². The molecule has 0 amide bonds. The van der Waals surface area contributed by atoms with E-state index in [0.717, 1.165) is 0 Å². The summed E-state index contributed by atoms with van der Waals surface area (Å²) in [5, 5.41) is 4.04. The van der Waals surface area contributed by atoms with Crippen LogP contribution in [-0.4, -0.2) is 11.6 Å². The second kappa shape index (κ2) is 8.67. The number of anilines is 1. The number of ketones is 2. The highest BCUT2D eigenvalue weighted by Gasteiger charge is 2.13. The van der Waals surface area contributed by atoms with Gasteiger partial charge in [0.25, 0.3) is 0 Å². The monoisotopic (exact) mass is 395 g/mol. The number of nitrogens with one attached hydrogen (secondary N) is 1. The van der Waals surface area contributed by atoms with E-state index in [9.17, 15) is 9.59 Å². The quantitative estimate of drug-likeness (QED) is 0.409. The predicted molar refractivity (Wildman–Crippen MR) is 110 cm³/mol. The Hall–Kier alpha value is -2.88. The lowest BCUT2D eigenvalue weighted by molar-refractivity contribution is 0.103. The molecular formula is C22H15Cl2NO2. The van der Waals surface area contributed by atoms with Crippen LogP contribution < -0.4 is 5.32 Å². The van der Waals surface area contributed by atoms with Crippen molar-refractivity contribution in [1.29, 1.82) is 0 Å². The summed E-state index contributed by atoms with van der Waals surface area (Å²) in [5.74, 6) is -0.315. The fourth-order valence-electron chi connectivity index (χ4n) is 2.50. The summed E-state index contributed by atoms with van der Waals surface area (Å²) in [5.41, 5.74) is 2.08. The maximum absolute atomic E-state index is 12.7. The van der Waals surface area contributed by atoms with Gasteiger partial charge in [0.1, 0.15) is 0 Å². The molecule has 0 radical (unpaired) electrons. The van der Waals surface area contributed by atoms with Crippen LogP contribution in [0.25, 0.3) is 0 Å². The van der Waals surface area contributed by atoms with Gasteiger partial charge in [0.05, 0.1) is 5.69 Å². The number of carbonyl (C=O) groups excluding carboxylic acids is 2. The van der Waals surface area contributed by atoms with E-state index in [-0.39, 0.29) is 11.6 Å². The smallest absolute Gasteiger partial charge is 0.195 e. The van der Waals surface area contributed by atoms with Crippen LogP contribution in [0.2, 0.25) is 10.0 Å². The van der Waals surface area contributed by atoms with Gasteiger partial charge in [-0.15, -0.1) is 0 Å². The molecule has 3 nitrogen and oxygen atoms in total. The Balaban J connectivity index is 1.80. The molecule has 0 spiro atoms. The van der Waals surface area contributed by atoms with E-state index >= 15 is 0 Å².